The van der Waals surface area contributed by atoms with Gasteiger partial charge in [0.25, 0.3) is 0 Å². The van der Waals surface area contributed by atoms with Crippen molar-refractivity contribution in [3.63, 3.8) is 0 Å². The fraction of sp³-hybridized carbons (Fsp3) is 0.300. The van der Waals surface area contributed by atoms with Gasteiger partial charge in [0.2, 0.25) is 5.91 Å². The average Bonchev–Trinajstić information content (AvgIpc) is 2.48. The first-order valence-corrected chi connectivity index (χ1v) is 6.56. The summed E-state index contributed by atoms with van der Waals surface area (Å²) in [4.78, 5) is 11.0. The Hall–Kier alpha value is -1.60. The minimum absolute atomic E-state index is 0.106. The third-order valence-corrected chi connectivity index (χ3v) is 3.98. The van der Waals surface area contributed by atoms with Gasteiger partial charge in [-0.2, -0.15) is 12.7 Å². The summed E-state index contributed by atoms with van der Waals surface area (Å²) in [7, 11) is -3.61. The Morgan fingerprint density at radius 1 is 1.41 bits per heavy atom. The molecular weight excluding hydrogens is 242 g/mol. The minimum Gasteiger partial charge on any atom is -0.399 e. The molecule has 92 valence electrons. The lowest BCUT2D eigenvalue weighted by Gasteiger charge is -2.11. The highest BCUT2D eigenvalue weighted by Crippen LogP contribution is 2.11. The number of hydrogen-bond donors (Lipinski definition) is 2. The highest BCUT2D eigenvalue weighted by Gasteiger charge is 2.33. The molecule has 17 heavy (non-hydrogen) atoms. The first kappa shape index (κ1) is 11.9. The van der Waals surface area contributed by atoms with E-state index in [0.717, 1.165) is 9.87 Å². The monoisotopic (exact) mass is 255 g/mol. The van der Waals surface area contributed by atoms with Crippen LogP contribution < -0.4 is 10.5 Å². The number of carbonyl (C=O) groups is 1. The van der Waals surface area contributed by atoms with E-state index in [1.54, 1.807) is 12.1 Å². The molecule has 0 unspecified atom stereocenters. The zero-order valence-corrected chi connectivity index (χ0v) is 9.90. The first-order chi connectivity index (χ1) is 7.97. The molecule has 0 spiro atoms. The topological polar surface area (TPSA) is 92.5 Å². The van der Waals surface area contributed by atoms with Crippen LogP contribution in [0.2, 0.25) is 0 Å². The molecule has 6 nitrogen and oxygen atoms in total. The van der Waals surface area contributed by atoms with Crippen molar-refractivity contribution < 1.29 is 13.2 Å². The van der Waals surface area contributed by atoms with Gasteiger partial charge >= 0.3 is 10.2 Å². The fourth-order valence-electron chi connectivity index (χ4n) is 1.69. The van der Waals surface area contributed by atoms with E-state index in [1.165, 1.54) is 0 Å². The van der Waals surface area contributed by atoms with E-state index >= 15 is 0 Å². The van der Waals surface area contributed by atoms with Gasteiger partial charge in [-0.1, -0.05) is 12.1 Å². The highest BCUT2D eigenvalue weighted by atomic mass is 32.2. The summed E-state index contributed by atoms with van der Waals surface area (Å²) < 4.78 is 25.9. The molecule has 0 aliphatic carbocycles. The molecule has 0 aromatic heterocycles. The van der Waals surface area contributed by atoms with Gasteiger partial charge in [-0.05, 0) is 24.1 Å². The molecule has 1 fully saturated rings. The Bertz CT molecular complexity index is 541. The molecule has 1 amide bonds. The molecule has 1 aliphatic rings. The summed E-state index contributed by atoms with van der Waals surface area (Å²) >= 11 is 0. The predicted octanol–water partition coefficient (Wildman–Crippen LogP) is -0.512. The van der Waals surface area contributed by atoms with E-state index in [2.05, 4.69) is 0 Å². The lowest BCUT2D eigenvalue weighted by Crippen LogP contribution is -2.31. The number of nitrogens with zero attached hydrogens (tertiary/aromatic N) is 1. The zero-order valence-electron chi connectivity index (χ0n) is 9.09. The largest absolute Gasteiger partial charge is 0.399 e. The maximum absolute atomic E-state index is 11.4. The van der Waals surface area contributed by atoms with Crippen LogP contribution in [0.5, 0.6) is 0 Å². The molecule has 0 saturated carbocycles. The number of nitrogens with two attached hydrogens (primary N) is 1. The summed E-state index contributed by atoms with van der Waals surface area (Å²) in [6.07, 6.45) is 0.527. The summed E-state index contributed by atoms with van der Waals surface area (Å²) in [5, 5.41) is 0. The molecule has 0 radical (unpaired) electrons. The highest BCUT2D eigenvalue weighted by molar-refractivity contribution is 7.88. The smallest absolute Gasteiger partial charge is 0.304 e. The van der Waals surface area contributed by atoms with Gasteiger partial charge in [-0.25, -0.2) is 4.72 Å². The lowest BCUT2D eigenvalue weighted by atomic mass is 10.1. The van der Waals surface area contributed by atoms with Crippen LogP contribution in [0.3, 0.4) is 0 Å². The van der Waals surface area contributed by atoms with Crippen LogP contribution >= 0.6 is 0 Å². The van der Waals surface area contributed by atoms with Crippen molar-refractivity contribution in [2.75, 3.05) is 18.8 Å². The molecule has 0 bridgehead atoms. The summed E-state index contributed by atoms with van der Waals surface area (Å²) in [6.45, 7) is 0.162. The van der Waals surface area contributed by atoms with E-state index in [4.69, 9.17) is 5.73 Å². The van der Waals surface area contributed by atoms with E-state index in [9.17, 15) is 13.2 Å². The second-order valence-corrected chi connectivity index (χ2v) is 5.53. The lowest BCUT2D eigenvalue weighted by molar-refractivity contribution is -0.118. The molecule has 1 aliphatic heterocycles. The normalized spacial score (nSPS) is 19.2. The molecule has 0 atom stereocenters. The van der Waals surface area contributed by atoms with Gasteiger partial charge in [-0.15, -0.1) is 0 Å². The molecular formula is C10H13N3O3S. The second kappa shape index (κ2) is 4.34. The fourth-order valence-corrected chi connectivity index (χ4v) is 2.79. The number of anilines is 1. The third kappa shape index (κ3) is 2.75. The van der Waals surface area contributed by atoms with Crippen LogP contribution in [-0.4, -0.2) is 31.7 Å². The van der Waals surface area contributed by atoms with E-state index in [-0.39, 0.29) is 13.1 Å². The van der Waals surface area contributed by atoms with Crippen LogP contribution in [0.4, 0.5) is 5.69 Å². The Morgan fingerprint density at radius 2 is 2.18 bits per heavy atom. The number of carbonyl (C=O) groups excluding carboxylic acids is 1. The van der Waals surface area contributed by atoms with Gasteiger partial charge in [0, 0.05) is 12.2 Å². The minimum atomic E-state index is -3.61. The van der Waals surface area contributed by atoms with E-state index < -0.39 is 16.1 Å². The van der Waals surface area contributed by atoms with Crippen molar-refractivity contribution in [1.82, 2.24) is 9.03 Å². The Balaban J connectivity index is 2.02. The van der Waals surface area contributed by atoms with Crippen molar-refractivity contribution in [3.05, 3.63) is 29.8 Å². The molecule has 1 aromatic carbocycles. The van der Waals surface area contributed by atoms with Gasteiger partial charge in [0.1, 0.15) is 0 Å². The summed E-state index contributed by atoms with van der Waals surface area (Å²) in [6, 6.07) is 7.24. The maximum Gasteiger partial charge on any atom is 0.304 e. The number of nitrogens with one attached hydrogen (secondary N) is 1. The van der Waals surface area contributed by atoms with Crippen LogP contribution in [0, 0.1) is 0 Å². The Morgan fingerprint density at radius 3 is 2.76 bits per heavy atom. The molecule has 7 heteroatoms. The molecule has 1 saturated heterocycles. The van der Waals surface area contributed by atoms with Crippen molar-refractivity contribution in [1.29, 1.82) is 0 Å². The SMILES string of the molecule is Nc1cccc(CCN2CC(=O)NS2(=O)=O)c1. The number of benzene rings is 1. The average molecular weight is 255 g/mol. The van der Waals surface area contributed by atoms with Crippen LogP contribution in [-0.2, 0) is 21.4 Å². The Labute approximate surface area is 99.6 Å². The number of rotatable bonds is 3. The zero-order chi connectivity index (χ0) is 12.5. The standard InChI is InChI=1S/C10H13N3O3S/c11-9-3-1-2-8(6-9)4-5-13-7-10(14)12-17(13,15)16/h1-3,6H,4-5,7,11H2,(H,12,14). The number of nitrogen functional groups attached to an aromatic ring is 1. The van der Waals surface area contributed by atoms with Crippen LogP contribution in [0.1, 0.15) is 5.56 Å². The van der Waals surface area contributed by atoms with Gasteiger partial charge in [0.05, 0.1) is 6.54 Å². The van der Waals surface area contributed by atoms with Crippen molar-refractivity contribution in [2.24, 2.45) is 0 Å². The Kier molecular flexibility index (Phi) is 3.03. The molecule has 1 heterocycles. The van der Waals surface area contributed by atoms with Gasteiger partial charge in [0.15, 0.2) is 0 Å². The van der Waals surface area contributed by atoms with Crippen LogP contribution in [0.25, 0.3) is 0 Å². The second-order valence-electron chi connectivity index (χ2n) is 3.86. The predicted molar refractivity (Wildman–Crippen MR) is 63.2 cm³/mol. The first-order valence-electron chi connectivity index (χ1n) is 5.12. The summed E-state index contributed by atoms with van der Waals surface area (Å²) in [5.74, 6) is -0.488. The number of hydrogen-bond acceptors (Lipinski definition) is 4. The quantitative estimate of drug-likeness (QED) is 0.711. The molecule has 2 rings (SSSR count). The van der Waals surface area contributed by atoms with Crippen molar-refractivity contribution in [3.8, 4) is 0 Å². The molecule has 3 N–H and O–H groups in total. The maximum atomic E-state index is 11.4. The van der Waals surface area contributed by atoms with Gasteiger partial charge in [-0.3, -0.25) is 4.79 Å². The van der Waals surface area contributed by atoms with Crippen molar-refractivity contribution in [2.45, 2.75) is 6.42 Å². The van der Waals surface area contributed by atoms with Gasteiger partial charge < -0.3 is 5.73 Å². The molecule has 1 aromatic rings. The number of amides is 1. The van der Waals surface area contributed by atoms with E-state index in [0.29, 0.717) is 12.1 Å². The van der Waals surface area contributed by atoms with E-state index in [1.807, 2.05) is 16.9 Å². The van der Waals surface area contributed by atoms with Crippen molar-refractivity contribution >= 4 is 21.8 Å². The summed E-state index contributed by atoms with van der Waals surface area (Å²) in [5.41, 5.74) is 7.20. The third-order valence-electron chi connectivity index (χ3n) is 2.50. The van der Waals surface area contributed by atoms with Crippen LogP contribution in [0.15, 0.2) is 24.3 Å².